The maximum absolute atomic E-state index is 11.8. The lowest BCUT2D eigenvalue weighted by Crippen LogP contribution is -2.25. The highest BCUT2D eigenvalue weighted by atomic mass is 16.6. The van der Waals surface area contributed by atoms with E-state index in [-0.39, 0.29) is 23.1 Å². The Balaban J connectivity index is 1.50. The summed E-state index contributed by atoms with van der Waals surface area (Å²) in [6.07, 6.45) is -0.425. The van der Waals surface area contributed by atoms with Crippen molar-refractivity contribution in [3.05, 3.63) is 86.6 Å². The molecule has 1 heterocycles. The maximum atomic E-state index is 11.8. The van der Waals surface area contributed by atoms with Gasteiger partial charge < -0.3 is 20.8 Å². The first kappa shape index (κ1) is 20.3. The average Bonchev–Trinajstić information content (AvgIpc) is 3.24. The van der Waals surface area contributed by atoms with Crippen LogP contribution >= 0.6 is 0 Å². The van der Waals surface area contributed by atoms with Crippen LogP contribution in [-0.4, -0.2) is 37.3 Å². The molecule has 4 atom stereocenters. The number of nitrogens with zero attached hydrogens (tertiary/aromatic N) is 3. The number of aliphatic hydroxyl groups excluding tert-OH is 2. The van der Waals surface area contributed by atoms with Crippen molar-refractivity contribution in [1.29, 1.82) is 0 Å². The van der Waals surface area contributed by atoms with Crippen molar-refractivity contribution in [2.45, 2.75) is 44.1 Å². The van der Waals surface area contributed by atoms with Gasteiger partial charge in [0.15, 0.2) is 0 Å². The summed E-state index contributed by atoms with van der Waals surface area (Å²) in [5, 5.41) is 39.2. The number of aromatic nitrogens is 2. The van der Waals surface area contributed by atoms with E-state index < -0.39 is 29.2 Å². The molecule has 0 spiro atoms. The van der Waals surface area contributed by atoms with Crippen molar-refractivity contribution >= 4 is 17.5 Å². The molecule has 0 fully saturated rings. The number of nitro groups is 1. The number of benzene rings is 2. The lowest BCUT2D eigenvalue weighted by molar-refractivity contribution is -0.385. The second kappa shape index (κ2) is 7.85. The van der Waals surface area contributed by atoms with Gasteiger partial charge >= 0.3 is 5.69 Å². The van der Waals surface area contributed by atoms with Crippen LogP contribution in [0.25, 0.3) is 0 Å². The highest BCUT2D eigenvalue weighted by Gasteiger charge is 2.35. The van der Waals surface area contributed by atoms with Crippen molar-refractivity contribution in [1.82, 2.24) is 9.97 Å². The van der Waals surface area contributed by atoms with Gasteiger partial charge in [0.1, 0.15) is 5.69 Å². The molecule has 0 amide bonds. The fourth-order valence-electron chi connectivity index (χ4n) is 4.73. The maximum Gasteiger partial charge on any atom is 0.332 e. The summed E-state index contributed by atoms with van der Waals surface area (Å²) in [5.74, 6) is 0.212. The predicted molar refractivity (Wildman–Crippen MR) is 118 cm³/mol. The van der Waals surface area contributed by atoms with Gasteiger partial charge in [-0.1, -0.05) is 48.5 Å². The number of nitrogens with one attached hydrogen (secondary N) is 2. The number of aliphatic hydroxyl groups is 2. The molecule has 4 N–H and O–H groups in total. The van der Waals surface area contributed by atoms with E-state index in [2.05, 4.69) is 20.6 Å². The van der Waals surface area contributed by atoms with E-state index in [1.165, 1.54) is 0 Å². The topological polar surface area (TPSA) is 133 Å². The lowest BCUT2D eigenvalue weighted by Gasteiger charge is -2.21. The smallest absolute Gasteiger partial charge is 0.332 e. The molecule has 0 saturated heterocycles. The van der Waals surface area contributed by atoms with Crippen LogP contribution in [0.3, 0.4) is 0 Å². The molecule has 1 aromatic heterocycles. The molecule has 5 rings (SSSR count). The van der Waals surface area contributed by atoms with Gasteiger partial charge in [0.25, 0.3) is 0 Å². The Morgan fingerprint density at radius 3 is 2.00 bits per heavy atom. The second-order valence-corrected chi connectivity index (χ2v) is 8.27. The van der Waals surface area contributed by atoms with E-state index in [9.17, 15) is 20.3 Å². The number of aryl methyl sites for hydroxylation is 1. The Morgan fingerprint density at radius 2 is 1.44 bits per heavy atom. The number of rotatable bonds is 5. The van der Waals surface area contributed by atoms with Crippen LogP contribution in [0.2, 0.25) is 0 Å². The molecule has 32 heavy (non-hydrogen) atoms. The molecule has 0 aliphatic heterocycles. The summed E-state index contributed by atoms with van der Waals surface area (Å²) in [5.41, 5.74) is 3.83. The predicted octanol–water partition coefficient (Wildman–Crippen LogP) is 2.83. The van der Waals surface area contributed by atoms with Crippen molar-refractivity contribution < 1.29 is 15.1 Å². The molecule has 2 aliphatic rings. The molecule has 9 heteroatoms. The fourth-order valence-corrected chi connectivity index (χ4v) is 4.73. The zero-order valence-corrected chi connectivity index (χ0v) is 17.4. The van der Waals surface area contributed by atoms with Crippen LogP contribution < -0.4 is 10.6 Å². The zero-order valence-electron chi connectivity index (χ0n) is 17.4. The Bertz CT molecular complexity index is 1200. The van der Waals surface area contributed by atoms with E-state index in [0.29, 0.717) is 12.8 Å². The third kappa shape index (κ3) is 3.45. The van der Waals surface area contributed by atoms with E-state index in [0.717, 1.165) is 22.3 Å². The van der Waals surface area contributed by atoms with Crippen LogP contribution in [0.4, 0.5) is 17.5 Å². The van der Waals surface area contributed by atoms with Crippen LogP contribution in [0.15, 0.2) is 48.5 Å². The number of hydrogen-bond acceptors (Lipinski definition) is 8. The van der Waals surface area contributed by atoms with Gasteiger partial charge in [-0.2, -0.15) is 4.98 Å². The molecule has 0 bridgehead atoms. The SMILES string of the molecule is Cc1nc(N[C@H]2c3ccccc3C[C@H]2O)nc(N[C@H]2c3ccccc3C[C@H]2O)c1[N+](=O)[O-]. The van der Waals surface area contributed by atoms with E-state index in [4.69, 9.17) is 0 Å². The molecule has 9 nitrogen and oxygen atoms in total. The number of anilines is 2. The van der Waals surface area contributed by atoms with E-state index in [1.54, 1.807) is 6.92 Å². The first-order valence-electron chi connectivity index (χ1n) is 10.5. The van der Waals surface area contributed by atoms with Gasteiger partial charge in [-0.3, -0.25) is 10.1 Å². The average molecular weight is 433 g/mol. The molecule has 0 unspecified atom stereocenters. The van der Waals surface area contributed by atoms with Crippen LogP contribution in [0, 0.1) is 17.0 Å². The summed E-state index contributed by atoms with van der Waals surface area (Å²) < 4.78 is 0. The first-order chi connectivity index (χ1) is 15.4. The Morgan fingerprint density at radius 1 is 0.906 bits per heavy atom. The Hall–Kier alpha value is -3.56. The van der Waals surface area contributed by atoms with Crippen molar-refractivity contribution in [3.8, 4) is 0 Å². The van der Waals surface area contributed by atoms with Crippen LogP contribution in [-0.2, 0) is 12.8 Å². The lowest BCUT2D eigenvalue weighted by atomic mass is 10.1. The summed E-state index contributed by atoms with van der Waals surface area (Å²) in [7, 11) is 0. The normalized spacial score (nSPS) is 23.5. The quantitative estimate of drug-likeness (QED) is 0.357. The largest absolute Gasteiger partial charge is 0.390 e. The minimum absolute atomic E-state index is 0.0338. The molecule has 164 valence electrons. The van der Waals surface area contributed by atoms with Gasteiger partial charge in [0.05, 0.1) is 29.2 Å². The highest BCUT2D eigenvalue weighted by molar-refractivity contribution is 5.63. The number of hydrogen-bond donors (Lipinski definition) is 4. The summed E-state index contributed by atoms with van der Waals surface area (Å²) >= 11 is 0. The standard InChI is InChI=1S/C23H23N5O4/c1-12-21(28(31)32)22(25-19-15-8-4-2-6-13(15)10-17(19)29)27-23(24-12)26-20-16-9-5-3-7-14(16)11-18(20)30/h2-9,17-20,29-30H,10-11H2,1H3,(H2,24,25,26,27)/t17-,18-,19+,20+/m1/s1. The second-order valence-electron chi connectivity index (χ2n) is 8.27. The third-order valence-electron chi connectivity index (χ3n) is 6.23. The van der Waals surface area contributed by atoms with Gasteiger partial charge in [-0.25, -0.2) is 4.98 Å². The van der Waals surface area contributed by atoms with Crippen LogP contribution in [0.1, 0.15) is 40.0 Å². The molecular weight excluding hydrogens is 410 g/mol. The zero-order chi connectivity index (χ0) is 22.4. The Labute approximate surface area is 184 Å². The first-order valence-corrected chi connectivity index (χ1v) is 10.5. The Kier molecular flexibility index (Phi) is 4.99. The summed E-state index contributed by atoms with van der Waals surface area (Å²) in [4.78, 5) is 19.9. The van der Waals surface area contributed by atoms with Crippen molar-refractivity contribution in [3.63, 3.8) is 0 Å². The van der Waals surface area contributed by atoms with Gasteiger partial charge in [0, 0.05) is 12.8 Å². The van der Waals surface area contributed by atoms with Crippen LogP contribution in [0.5, 0.6) is 0 Å². The molecule has 3 aromatic rings. The fraction of sp³-hybridized carbons (Fsp3) is 0.304. The third-order valence-corrected chi connectivity index (χ3v) is 6.23. The molecule has 2 aromatic carbocycles. The van der Waals surface area contributed by atoms with E-state index in [1.807, 2.05) is 48.5 Å². The van der Waals surface area contributed by atoms with Gasteiger partial charge in [-0.05, 0) is 29.2 Å². The summed E-state index contributed by atoms with van der Waals surface area (Å²) in [6.45, 7) is 1.55. The van der Waals surface area contributed by atoms with E-state index >= 15 is 0 Å². The molecule has 0 saturated carbocycles. The van der Waals surface area contributed by atoms with Gasteiger partial charge in [0.2, 0.25) is 11.8 Å². The van der Waals surface area contributed by atoms with Crippen molar-refractivity contribution in [2.24, 2.45) is 0 Å². The minimum atomic E-state index is -0.734. The summed E-state index contributed by atoms with van der Waals surface area (Å²) in [6, 6.07) is 14.4. The molecule has 2 aliphatic carbocycles. The number of fused-ring (bicyclic) bond motifs is 2. The highest BCUT2D eigenvalue weighted by Crippen LogP contribution is 2.38. The van der Waals surface area contributed by atoms with Crippen molar-refractivity contribution in [2.75, 3.05) is 10.6 Å². The molecule has 0 radical (unpaired) electrons. The minimum Gasteiger partial charge on any atom is -0.390 e. The molecular formula is C23H23N5O4. The monoisotopic (exact) mass is 433 g/mol. The van der Waals surface area contributed by atoms with Gasteiger partial charge in [-0.15, -0.1) is 0 Å².